The Morgan fingerprint density at radius 2 is 2.03 bits per heavy atom. The van der Waals surface area contributed by atoms with E-state index in [1.165, 1.54) is 17.8 Å². The molecule has 1 aromatic carbocycles. The summed E-state index contributed by atoms with van der Waals surface area (Å²) < 4.78 is 43.5. The summed E-state index contributed by atoms with van der Waals surface area (Å²) in [7, 11) is -3.21. The van der Waals surface area contributed by atoms with E-state index >= 15 is 0 Å². The summed E-state index contributed by atoms with van der Waals surface area (Å²) in [6.45, 7) is 6.90. The molecule has 0 bridgehead atoms. The lowest BCUT2D eigenvalue weighted by molar-refractivity contribution is -0.117. The molecule has 2 amide bonds. The molecule has 0 spiro atoms. The number of aliphatic imine (C=N–C) groups is 1. The minimum absolute atomic E-state index is 0.0133. The minimum Gasteiger partial charge on any atom is -0.444 e. The van der Waals surface area contributed by atoms with Crippen molar-refractivity contribution in [3.8, 4) is 0 Å². The molecule has 2 atom stereocenters. The molecule has 8 nitrogen and oxygen atoms in total. The molecule has 2 fully saturated rings. The van der Waals surface area contributed by atoms with Crippen molar-refractivity contribution in [2.24, 2.45) is 4.99 Å². The van der Waals surface area contributed by atoms with Crippen molar-refractivity contribution in [1.29, 1.82) is 0 Å². The number of amidine groups is 1. The molecule has 31 heavy (non-hydrogen) atoms. The number of thioether (sulfide) groups is 1. The van der Waals surface area contributed by atoms with Crippen LogP contribution in [0.15, 0.2) is 23.2 Å². The molecule has 0 radical (unpaired) electrons. The number of amides is 2. The Hall–Kier alpha value is -2.14. The van der Waals surface area contributed by atoms with Crippen molar-refractivity contribution in [2.75, 3.05) is 23.0 Å². The average molecular weight is 472 g/mol. The maximum absolute atomic E-state index is 14.2. The van der Waals surface area contributed by atoms with Crippen molar-refractivity contribution in [2.45, 2.75) is 51.0 Å². The number of hydrogen-bond donors (Lipinski definition) is 1. The maximum Gasteiger partial charge on any atom is 0.407 e. The van der Waals surface area contributed by atoms with Gasteiger partial charge in [0.05, 0.1) is 17.5 Å². The van der Waals surface area contributed by atoms with Crippen molar-refractivity contribution in [1.82, 2.24) is 5.32 Å². The molecule has 1 aromatic rings. The average Bonchev–Trinajstić information content (AvgIpc) is 3.06. The highest BCUT2D eigenvalue weighted by atomic mass is 32.2. The van der Waals surface area contributed by atoms with Crippen LogP contribution in [0.2, 0.25) is 0 Å². The van der Waals surface area contributed by atoms with Gasteiger partial charge in [0.2, 0.25) is 5.91 Å². The third-order valence-corrected chi connectivity index (χ3v) is 7.94. The number of nitrogens with one attached hydrogen (secondary N) is 1. The number of alkyl carbamates (subject to hydrolysis) is 1. The predicted octanol–water partition coefficient (Wildman–Crippen LogP) is 2.65. The van der Waals surface area contributed by atoms with Gasteiger partial charge in [-0.2, -0.15) is 4.99 Å². The van der Waals surface area contributed by atoms with Gasteiger partial charge in [0.1, 0.15) is 11.4 Å². The highest BCUT2D eigenvalue weighted by molar-refractivity contribution is 8.16. The van der Waals surface area contributed by atoms with E-state index in [1.54, 1.807) is 44.7 Å². The van der Waals surface area contributed by atoms with Gasteiger partial charge in [-0.15, -0.1) is 0 Å². The summed E-state index contributed by atoms with van der Waals surface area (Å²) in [4.78, 5) is 29.9. The van der Waals surface area contributed by atoms with Crippen molar-refractivity contribution >= 4 is 44.5 Å². The van der Waals surface area contributed by atoms with Gasteiger partial charge in [0.15, 0.2) is 15.0 Å². The normalized spacial score (nSPS) is 23.6. The van der Waals surface area contributed by atoms with Gasteiger partial charge in [-0.25, -0.2) is 17.6 Å². The minimum atomic E-state index is -3.21. The van der Waals surface area contributed by atoms with Gasteiger partial charge in [-0.1, -0.05) is 17.8 Å². The number of benzene rings is 1. The molecule has 2 aliphatic heterocycles. The summed E-state index contributed by atoms with van der Waals surface area (Å²) in [5.41, 5.74) is 0.282. The number of sulfone groups is 1. The lowest BCUT2D eigenvalue weighted by Crippen LogP contribution is -2.38. The SMILES string of the molecule is Cc1ccc(N2C(=NC(=O)CCNC(=O)OC(C)(C)C)S[C@H]3CS(=O)(=O)C[C@@H]32)cc1F. The van der Waals surface area contributed by atoms with Crippen molar-refractivity contribution < 1.29 is 27.1 Å². The molecule has 0 aliphatic carbocycles. The summed E-state index contributed by atoms with van der Waals surface area (Å²) in [5, 5.41) is 2.57. The number of rotatable bonds is 4. The van der Waals surface area contributed by atoms with Crippen LogP contribution >= 0.6 is 11.8 Å². The number of halogens is 1. The van der Waals surface area contributed by atoms with Crippen LogP contribution in [0.25, 0.3) is 0 Å². The van der Waals surface area contributed by atoms with Gasteiger partial charge in [0.25, 0.3) is 0 Å². The summed E-state index contributed by atoms with van der Waals surface area (Å²) >= 11 is 1.21. The fourth-order valence-electron chi connectivity index (χ4n) is 3.35. The van der Waals surface area contributed by atoms with Crippen LogP contribution in [0.5, 0.6) is 0 Å². The van der Waals surface area contributed by atoms with Crippen LogP contribution in [0.1, 0.15) is 32.8 Å². The Labute approximate surface area is 185 Å². The zero-order valence-corrected chi connectivity index (χ0v) is 19.5. The lowest BCUT2D eigenvalue weighted by Gasteiger charge is -2.24. The third kappa shape index (κ3) is 5.97. The molecule has 0 aromatic heterocycles. The van der Waals surface area contributed by atoms with Gasteiger partial charge < -0.3 is 15.0 Å². The fraction of sp³-hybridized carbons (Fsp3) is 0.550. The van der Waals surface area contributed by atoms with E-state index in [-0.39, 0.29) is 29.7 Å². The highest BCUT2D eigenvalue weighted by Gasteiger charge is 2.49. The Balaban J connectivity index is 1.74. The van der Waals surface area contributed by atoms with E-state index in [9.17, 15) is 22.4 Å². The number of anilines is 1. The van der Waals surface area contributed by atoms with Crippen LogP contribution in [-0.4, -0.2) is 60.5 Å². The second-order valence-corrected chi connectivity index (χ2v) is 11.9. The maximum atomic E-state index is 14.2. The zero-order valence-electron chi connectivity index (χ0n) is 17.8. The molecule has 11 heteroatoms. The first-order valence-corrected chi connectivity index (χ1v) is 12.6. The third-order valence-electron chi connectivity index (χ3n) is 4.73. The second kappa shape index (κ2) is 8.78. The highest BCUT2D eigenvalue weighted by Crippen LogP contribution is 2.41. The fourth-order valence-corrected chi connectivity index (χ4v) is 7.28. The monoisotopic (exact) mass is 471 g/mol. The van der Waals surface area contributed by atoms with E-state index in [4.69, 9.17) is 4.74 Å². The van der Waals surface area contributed by atoms with Gasteiger partial charge >= 0.3 is 6.09 Å². The molecular weight excluding hydrogens is 445 g/mol. The van der Waals surface area contributed by atoms with Gasteiger partial charge in [0, 0.05) is 23.9 Å². The largest absolute Gasteiger partial charge is 0.444 e. The smallest absolute Gasteiger partial charge is 0.407 e. The van der Waals surface area contributed by atoms with Crippen LogP contribution in [0.4, 0.5) is 14.9 Å². The second-order valence-electron chi connectivity index (χ2n) is 8.57. The van der Waals surface area contributed by atoms with Crippen molar-refractivity contribution in [3.63, 3.8) is 0 Å². The van der Waals surface area contributed by atoms with E-state index in [1.807, 2.05) is 0 Å². The van der Waals surface area contributed by atoms with E-state index < -0.39 is 39.3 Å². The molecule has 0 unspecified atom stereocenters. The van der Waals surface area contributed by atoms with E-state index in [2.05, 4.69) is 10.3 Å². The predicted molar refractivity (Wildman–Crippen MR) is 119 cm³/mol. The Morgan fingerprint density at radius 3 is 2.68 bits per heavy atom. The molecule has 2 heterocycles. The van der Waals surface area contributed by atoms with Crippen LogP contribution in [0, 0.1) is 12.7 Å². The summed E-state index contributed by atoms with van der Waals surface area (Å²) in [5.74, 6) is -0.980. The first-order valence-electron chi connectivity index (χ1n) is 9.85. The number of aryl methyl sites for hydroxylation is 1. The number of carbonyl (C=O) groups excluding carboxylic acids is 2. The topological polar surface area (TPSA) is 105 Å². The van der Waals surface area contributed by atoms with Gasteiger partial charge in [-0.05, 0) is 45.4 Å². The first kappa shape index (κ1) is 23.5. The lowest BCUT2D eigenvalue weighted by atomic mass is 10.1. The molecular formula is C20H26FN3O5S2. The number of ether oxygens (including phenoxy) is 1. The number of carbonyl (C=O) groups is 2. The number of hydrogen-bond acceptors (Lipinski definition) is 6. The molecule has 3 rings (SSSR count). The van der Waals surface area contributed by atoms with Gasteiger partial charge in [-0.3, -0.25) is 4.79 Å². The molecule has 1 N–H and O–H groups in total. The van der Waals surface area contributed by atoms with Crippen LogP contribution < -0.4 is 10.2 Å². The Bertz CT molecular complexity index is 1020. The molecule has 2 aliphatic rings. The van der Waals surface area contributed by atoms with Crippen LogP contribution in [0.3, 0.4) is 0 Å². The van der Waals surface area contributed by atoms with E-state index in [0.29, 0.717) is 16.4 Å². The quantitative estimate of drug-likeness (QED) is 0.720. The standard InChI is InChI=1S/C20H26FN3O5S2/c1-12-5-6-13(9-14(12)21)24-15-10-31(27,28)11-16(15)30-18(24)23-17(25)7-8-22-19(26)29-20(2,3)4/h5-6,9,15-16H,7-8,10-11H2,1-4H3,(H,22,26)/t15-,16-/m0/s1. The Morgan fingerprint density at radius 1 is 1.32 bits per heavy atom. The summed E-state index contributed by atoms with van der Waals surface area (Å²) in [6.07, 6.45) is -0.674. The van der Waals surface area contributed by atoms with Crippen LogP contribution in [-0.2, 0) is 19.4 Å². The van der Waals surface area contributed by atoms with E-state index in [0.717, 1.165) is 0 Å². The van der Waals surface area contributed by atoms with Crippen molar-refractivity contribution in [3.05, 3.63) is 29.6 Å². The Kier molecular flexibility index (Phi) is 6.66. The number of fused-ring (bicyclic) bond motifs is 1. The summed E-state index contributed by atoms with van der Waals surface area (Å²) in [6, 6.07) is 4.21. The molecule has 0 saturated carbocycles. The molecule has 2 saturated heterocycles. The first-order chi connectivity index (χ1) is 14.3. The zero-order chi connectivity index (χ0) is 23.0. The molecule has 170 valence electrons. The number of nitrogens with zero attached hydrogens (tertiary/aromatic N) is 2.